The Morgan fingerprint density at radius 2 is 2.17 bits per heavy atom. The van der Waals surface area contributed by atoms with Gasteiger partial charge in [-0.3, -0.25) is 0 Å². The Balaban J connectivity index is 2.22. The molecule has 5 heteroatoms. The van der Waals surface area contributed by atoms with Crippen LogP contribution in [-0.2, 0) is 6.54 Å². The molecule has 2 N–H and O–H groups in total. The van der Waals surface area contributed by atoms with Crippen molar-refractivity contribution in [1.82, 2.24) is 15.3 Å². The lowest BCUT2D eigenvalue weighted by Gasteiger charge is -2.09. The number of nitrogens with zero attached hydrogens (tertiary/aromatic N) is 2. The van der Waals surface area contributed by atoms with E-state index in [9.17, 15) is 0 Å². The molecule has 1 heterocycles. The molecular formula is C13H15ClN4. The van der Waals surface area contributed by atoms with E-state index in [0.717, 1.165) is 23.6 Å². The van der Waals surface area contributed by atoms with Crippen molar-refractivity contribution < 1.29 is 0 Å². The third-order valence-electron chi connectivity index (χ3n) is 2.51. The van der Waals surface area contributed by atoms with Gasteiger partial charge >= 0.3 is 0 Å². The Kier molecular flexibility index (Phi) is 4.12. The second-order valence-electron chi connectivity index (χ2n) is 4.03. The summed E-state index contributed by atoms with van der Waals surface area (Å²) in [5, 5.41) is 6.61. The molecule has 4 nitrogen and oxygen atoms in total. The van der Waals surface area contributed by atoms with Crippen molar-refractivity contribution in [3.63, 3.8) is 0 Å². The Morgan fingerprint density at radius 1 is 1.33 bits per heavy atom. The molecule has 0 aliphatic rings. The van der Waals surface area contributed by atoms with Gasteiger partial charge < -0.3 is 10.6 Å². The van der Waals surface area contributed by atoms with Crippen molar-refractivity contribution in [2.24, 2.45) is 0 Å². The Labute approximate surface area is 111 Å². The smallest absolute Gasteiger partial charge is 0.224 e. The SMILES string of the molecule is CNCc1cccc(Nc2nc(Cl)ncc2C)c1. The molecule has 94 valence electrons. The van der Waals surface area contributed by atoms with Crippen LogP contribution in [-0.4, -0.2) is 17.0 Å². The normalized spacial score (nSPS) is 10.4. The maximum Gasteiger partial charge on any atom is 0.224 e. The molecule has 1 aromatic carbocycles. The van der Waals surface area contributed by atoms with Crippen molar-refractivity contribution in [1.29, 1.82) is 0 Å². The summed E-state index contributed by atoms with van der Waals surface area (Å²) < 4.78 is 0. The fourth-order valence-electron chi connectivity index (χ4n) is 1.65. The van der Waals surface area contributed by atoms with Crippen molar-refractivity contribution in [2.75, 3.05) is 12.4 Å². The van der Waals surface area contributed by atoms with E-state index in [-0.39, 0.29) is 5.28 Å². The first-order valence-electron chi connectivity index (χ1n) is 5.69. The van der Waals surface area contributed by atoms with Crippen LogP contribution in [0.15, 0.2) is 30.5 Å². The van der Waals surface area contributed by atoms with Crippen molar-refractivity contribution in [2.45, 2.75) is 13.5 Å². The number of halogens is 1. The summed E-state index contributed by atoms with van der Waals surface area (Å²) in [5.41, 5.74) is 3.15. The number of aryl methyl sites for hydroxylation is 1. The topological polar surface area (TPSA) is 49.8 Å². The summed E-state index contributed by atoms with van der Waals surface area (Å²) in [6.07, 6.45) is 1.70. The summed E-state index contributed by atoms with van der Waals surface area (Å²) in [6.45, 7) is 2.77. The highest BCUT2D eigenvalue weighted by Crippen LogP contribution is 2.19. The minimum Gasteiger partial charge on any atom is -0.340 e. The van der Waals surface area contributed by atoms with Gasteiger partial charge in [0.2, 0.25) is 5.28 Å². The van der Waals surface area contributed by atoms with E-state index in [2.05, 4.69) is 32.7 Å². The lowest BCUT2D eigenvalue weighted by Crippen LogP contribution is -2.05. The minimum absolute atomic E-state index is 0.245. The lowest BCUT2D eigenvalue weighted by atomic mass is 10.2. The van der Waals surface area contributed by atoms with Crippen LogP contribution in [0.4, 0.5) is 11.5 Å². The fraction of sp³-hybridized carbons (Fsp3) is 0.231. The summed E-state index contributed by atoms with van der Waals surface area (Å²) in [4.78, 5) is 8.10. The molecule has 1 aromatic heterocycles. The summed E-state index contributed by atoms with van der Waals surface area (Å²) in [5.74, 6) is 0.733. The largest absolute Gasteiger partial charge is 0.340 e. The third kappa shape index (κ3) is 3.18. The van der Waals surface area contributed by atoms with Crippen LogP contribution in [0.3, 0.4) is 0 Å². The number of benzene rings is 1. The summed E-state index contributed by atoms with van der Waals surface area (Å²) >= 11 is 5.79. The van der Waals surface area contributed by atoms with Gasteiger partial charge in [0, 0.05) is 24.0 Å². The van der Waals surface area contributed by atoms with Gasteiger partial charge in [-0.05, 0) is 43.3 Å². The molecule has 0 spiro atoms. The average molecular weight is 263 g/mol. The van der Waals surface area contributed by atoms with Crippen LogP contribution >= 0.6 is 11.6 Å². The lowest BCUT2D eigenvalue weighted by molar-refractivity contribution is 0.818. The molecule has 2 aromatic rings. The maximum absolute atomic E-state index is 5.79. The van der Waals surface area contributed by atoms with Gasteiger partial charge in [0.1, 0.15) is 5.82 Å². The van der Waals surface area contributed by atoms with Crippen molar-refractivity contribution >= 4 is 23.1 Å². The van der Waals surface area contributed by atoms with Gasteiger partial charge in [0.25, 0.3) is 0 Å². The van der Waals surface area contributed by atoms with Crippen LogP contribution < -0.4 is 10.6 Å². The van der Waals surface area contributed by atoms with Crippen LogP contribution in [0.1, 0.15) is 11.1 Å². The number of aromatic nitrogens is 2. The maximum atomic E-state index is 5.79. The molecule has 0 radical (unpaired) electrons. The fourth-order valence-corrected chi connectivity index (χ4v) is 1.78. The van der Waals surface area contributed by atoms with E-state index < -0.39 is 0 Å². The molecule has 0 saturated heterocycles. The molecule has 0 atom stereocenters. The minimum atomic E-state index is 0.245. The standard InChI is InChI=1S/C13H15ClN4/c1-9-7-16-13(14)18-12(9)17-11-5-3-4-10(6-11)8-15-2/h3-7,15H,8H2,1-2H3,(H,16,17,18). The zero-order valence-electron chi connectivity index (χ0n) is 10.4. The predicted octanol–water partition coefficient (Wildman–Crippen LogP) is 2.90. The highest BCUT2D eigenvalue weighted by Gasteiger charge is 2.03. The molecule has 0 aliphatic carbocycles. The number of hydrogen-bond donors (Lipinski definition) is 2. The Bertz CT molecular complexity index is 542. The van der Waals surface area contributed by atoms with Gasteiger partial charge in [-0.15, -0.1) is 0 Å². The van der Waals surface area contributed by atoms with E-state index >= 15 is 0 Å². The van der Waals surface area contributed by atoms with Gasteiger partial charge in [-0.2, -0.15) is 0 Å². The quantitative estimate of drug-likeness (QED) is 0.832. The molecule has 0 bridgehead atoms. The number of rotatable bonds is 4. The third-order valence-corrected chi connectivity index (χ3v) is 2.70. The molecular weight excluding hydrogens is 248 g/mol. The van der Waals surface area contributed by atoms with Crippen LogP contribution in [0.2, 0.25) is 5.28 Å². The van der Waals surface area contributed by atoms with Crippen LogP contribution in [0, 0.1) is 6.92 Å². The summed E-state index contributed by atoms with van der Waals surface area (Å²) in [6, 6.07) is 8.15. The molecule has 2 rings (SSSR count). The number of nitrogens with one attached hydrogen (secondary N) is 2. The first kappa shape index (κ1) is 12.8. The van der Waals surface area contributed by atoms with E-state index in [1.54, 1.807) is 6.20 Å². The van der Waals surface area contributed by atoms with Gasteiger partial charge in [0.05, 0.1) is 0 Å². The van der Waals surface area contributed by atoms with Gasteiger partial charge in [-0.25, -0.2) is 9.97 Å². The van der Waals surface area contributed by atoms with Crippen molar-refractivity contribution in [3.05, 3.63) is 46.9 Å². The van der Waals surface area contributed by atoms with Gasteiger partial charge in [0.15, 0.2) is 0 Å². The average Bonchev–Trinajstić information content (AvgIpc) is 2.35. The molecule has 0 amide bonds. The van der Waals surface area contributed by atoms with Crippen LogP contribution in [0.5, 0.6) is 0 Å². The molecule has 0 unspecified atom stereocenters. The first-order valence-corrected chi connectivity index (χ1v) is 6.06. The Morgan fingerprint density at radius 3 is 2.94 bits per heavy atom. The van der Waals surface area contributed by atoms with Gasteiger partial charge in [-0.1, -0.05) is 12.1 Å². The highest BCUT2D eigenvalue weighted by molar-refractivity contribution is 6.28. The monoisotopic (exact) mass is 262 g/mol. The number of hydrogen-bond acceptors (Lipinski definition) is 4. The first-order chi connectivity index (χ1) is 8.69. The highest BCUT2D eigenvalue weighted by atomic mass is 35.5. The molecule has 0 fully saturated rings. The second kappa shape index (κ2) is 5.80. The van der Waals surface area contributed by atoms with Crippen LogP contribution in [0.25, 0.3) is 0 Å². The van der Waals surface area contributed by atoms with E-state index in [1.807, 2.05) is 26.1 Å². The molecule has 18 heavy (non-hydrogen) atoms. The van der Waals surface area contributed by atoms with E-state index in [0.29, 0.717) is 0 Å². The second-order valence-corrected chi connectivity index (χ2v) is 4.36. The van der Waals surface area contributed by atoms with Crippen molar-refractivity contribution in [3.8, 4) is 0 Å². The summed E-state index contributed by atoms with van der Waals surface area (Å²) in [7, 11) is 1.93. The predicted molar refractivity (Wildman–Crippen MR) is 74.3 cm³/mol. The Hall–Kier alpha value is -1.65. The molecule has 0 aliphatic heterocycles. The van der Waals surface area contributed by atoms with E-state index in [4.69, 9.17) is 11.6 Å². The molecule has 0 saturated carbocycles. The zero-order chi connectivity index (χ0) is 13.0. The number of anilines is 2. The van der Waals surface area contributed by atoms with E-state index in [1.165, 1.54) is 5.56 Å². The zero-order valence-corrected chi connectivity index (χ0v) is 11.1.